The third-order valence-electron chi connectivity index (χ3n) is 4.27. The summed E-state index contributed by atoms with van der Waals surface area (Å²) in [4.78, 5) is 24.9. The average Bonchev–Trinajstić information content (AvgIpc) is 2.83. The van der Waals surface area contributed by atoms with E-state index < -0.39 is 23.2 Å². The van der Waals surface area contributed by atoms with E-state index in [1.54, 1.807) is 39.1 Å². The maximum absolute atomic E-state index is 12.3. The molecule has 0 aliphatic heterocycles. The van der Waals surface area contributed by atoms with Crippen molar-refractivity contribution in [3.63, 3.8) is 0 Å². The van der Waals surface area contributed by atoms with Crippen molar-refractivity contribution in [3.8, 4) is 11.4 Å². The van der Waals surface area contributed by atoms with Crippen molar-refractivity contribution < 1.29 is 14.7 Å². The van der Waals surface area contributed by atoms with E-state index in [-0.39, 0.29) is 5.91 Å². The Balaban J connectivity index is 1.76. The number of carbonyl (C=O) groups excluding carboxylic acids is 1. The molecule has 1 aliphatic carbocycles. The van der Waals surface area contributed by atoms with E-state index in [4.69, 9.17) is 5.11 Å². The molecular weight excluding hydrogens is 298 g/mol. The molecule has 0 bridgehead atoms. The molecule has 23 heavy (non-hydrogen) atoms. The van der Waals surface area contributed by atoms with Crippen LogP contribution in [0.1, 0.15) is 13.8 Å². The van der Waals surface area contributed by atoms with Crippen LogP contribution < -0.4 is 5.32 Å². The second kappa shape index (κ2) is 5.15. The first-order chi connectivity index (χ1) is 10.8. The SMILES string of the molecule is Cn1nnc(-c2cccc(NC(=O)[C@H]3[C@@H](C(=O)O)C3(C)C)c2)n1. The minimum Gasteiger partial charge on any atom is -0.481 e. The van der Waals surface area contributed by atoms with Gasteiger partial charge in [0.1, 0.15) is 0 Å². The summed E-state index contributed by atoms with van der Waals surface area (Å²) in [6, 6.07) is 7.06. The van der Waals surface area contributed by atoms with E-state index in [1.165, 1.54) is 4.80 Å². The van der Waals surface area contributed by atoms with Crippen molar-refractivity contribution in [1.82, 2.24) is 20.2 Å². The summed E-state index contributed by atoms with van der Waals surface area (Å²) in [5.41, 5.74) is 0.771. The summed E-state index contributed by atoms with van der Waals surface area (Å²) < 4.78 is 0. The van der Waals surface area contributed by atoms with Gasteiger partial charge in [-0.05, 0) is 22.8 Å². The molecule has 0 spiro atoms. The molecule has 8 heteroatoms. The van der Waals surface area contributed by atoms with Crippen LogP contribution in [0.3, 0.4) is 0 Å². The second-order valence-corrected chi connectivity index (χ2v) is 6.29. The van der Waals surface area contributed by atoms with Crippen LogP contribution in [-0.4, -0.2) is 37.2 Å². The van der Waals surface area contributed by atoms with Crippen LogP contribution in [-0.2, 0) is 16.6 Å². The Bertz CT molecular complexity index is 783. The highest BCUT2D eigenvalue weighted by Gasteiger charge is 2.65. The summed E-state index contributed by atoms with van der Waals surface area (Å²) in [7, 11) is 1.67. The molecule has 0 radical (unpaired) electrons. The van der Waals surface area contributed by atoms with Crippen LogP contribution in [0.2, 0.25) is 0 Å². The highest BCUT2D eigenvalue weighted by Crippen LogP contribution is 2.58. The molecule has 1 aliphatic rings. The van der Waals surface area contributed by atoms with Crippen molar-refractivity contribution in [2.45, 2.75) is 13.8 Å². The molecule has 2 atom stereocenters. The van der Waals surface area contributed by atoms with Gasteiger partial charge in [-0.25, -0.2) is 0 Å². The van der Waals surface area contributed by atoms with Crippen LogP contribution in [0.25, 0.3) is 11.4 Å². The van der Waals surface area contributed by atoms with Gasteiger partial charge in [0.25, 0.3) is 0 Å². The molecule has 3 rings (SSSR count). The Hall–Kier alpha value is -2.77. The second-order valence-electron chi connectivity index (χ2n) is 6.29. The summed E-state index contributed by atoms with van der Waals surface area (Å²) in [6.07, 6.45) is 0. The molecule has 1 aromatic carbocycles. The molecule has 1 aromatic heterocycles. The van der Waals surface area contributed by atoms with E-state index in [1.807, 2.05) is 6.07 Å². The lowest BCUT2D eigenvalue weighted by atomic mass is 10.1. The number of benzene rings is 1. The number of rotatable bonds is 4. The van der Waals surface area contributed by atoms with Gasteiger partial charge in [-0.3, -0.25) is 9.59 Å². The summed E-state index contributed by atoms with van der Waals surface area (Å²) in [5.74, 6) is -1.94. The Morgan fingerprint density at radius 2 is 2.04 bits per heavy atom. The minimum atomic E-state index is -0.937. The van der Waals surface area contributed by atoms with Gasteiger partial charge >= 0.3 is 5.97 Å². The van der Waals surface area contributed by atoms with Crippen LogP contribution >= 0.6 is 0 Å². The fourth-order valence-electron chi connectivity index (χ4n) is 2.94. The third kappa shape index (κ3) is 2.67. The first-order valence-corrected chi connectivity index (χ1v) is 7.19. The molecule has 0 saturated heterocycles. The van der Waals surface area contributed by atoms with Crippen LogP contribution in [0.5, 0.6) is 0 Å². The minimum absolute atomic E-state index is 0.286. The number of tetrazole rings is 1. The van der Waals surface area contributed by atoms with Gasteiger partial charge in [0, 0.05) is 11.3 Å². The number of hydrogen-bond acceptors (Lipinski definition) is 5. The summed E-state index contributed by atoms with van der Waals surface area (Å²) in [6.45, 7) is 3.58. The van der Waals surface area contributed by atoms with Gasteiger partial charge in [-0.15, -0.1) is 10.2 Å². The molecule has 2 aromatic rings. The normalized spacial score (nSPS) is 21.7. The lowest BCUT2D eigenvalue weighted by Crippen LogP contribution is -2.17. The zero-order valence-corrected chi connectivity index (χ0v) is 13.0. The van der Waals surface area contributed by atoms with E-state index in [0.29, 0.717) is 11.5 Å². The number of carbonyl (C=O) groups is 2. The lowest BCUT2D eigenvalue weighted by Gasteiger charge is -2.07. The Morgan fingerprint density at radius 1 is 1.30 bits per heavy atom. The molecule has 8 nitrogen and oxygen atoms in total. The Morgan fingerprint density at radius 3 is 2.61 bits per heavy atom. The standard InChI is InChI=1S/C15H17N5O3/c1-15(2)10(11(15)14(22)23)13(21)16-9-6-4-5-8(7-9)12-17-19-20(3)18-12/h4-7,10-11H,1-3H3,(H,16,21)(H,22,23)/t10-,11+/m1/s1. The van der Waals surface area contributed by atoms with Gasteiger partial charge in [0.15, 0.2) is 0 Å². The number of aromatic nitrogens is 4. The number of amides is 1. The van der Waals surface area contributed by atoms with Gasteiger partial charge in [-0.2, -0.15) is 4.80 Å². The van der Waals surface area contributed by atoms with E-state index in [0.717, 1.165) is 5.56 Å². The van der Waals surface area contributed by atoms with E-state index >= 15 is 0 Å². The van der Waals surface area contributed by atoms with Crippen LogP contribution in [0.15, 0.2) is 24.3 Å². The molecule has 1 heterocycles. The maximum Gasteiger partial charge on any atom is 0.307 e. The van der Waals surface area contributed by atoms with Crippen LogP contribution in [0, 0.1) is 17.3 Å². The molecular formula is C15H17N5O3. The van der Waals surface area contributed by atoms with Gasteiger partial charge < -0.3 is 10.4 Å². The first kappa shape index (κ1) is 15.1. The molecule has 1 fully saturated rings. The monoisotopic (exact) mass is 315 g/mol. The summed E-state index contributed by atoms with van der Waals surface area (Å²) >= 11 is 0. The topological polar surface area (TPSA) is 110 Å². The highest BCUT2D eigenvalue weighted by molar-refractivity contribution is 6.00. The fraction of sp³-hybridized carbons (Fsp3) is 0.400. The smallest absolute Gasteiger partial charge is 0.307 e. The van der Waals surface area contributed by atoms with Crippen molar-refractivity contribution >= 4 is 17.6 Å². The Kier molecular flexibility index (Phi) is 3.39. The fourth-order valence-corrected chi connectivity index (χ4v) is 2.94. The Labute approximate surface area is 132 Å². The van der Waals surface area contributed by atoms with E-state index in [9.17, 15) is 9.59 Å². The number of aliphatic carboxylic acids is 1. The average molecular weight is 315 g/mol. The number of carboxylic acid groups (broad SMARTS) is 1. The maximum atomic E-state index is 12.3. The van der Waals surface area contributed by atoms with Gasteiger partial charge in [0.05, 0.1) is 18.9 Å². The number of aryl methyl sites for hydroxylation is 1. The number of anilines is 1. The molecule has 1 saturated carbocycles. The zero-order valence-electron chi connectivity index (χ0n) is 13.0. The van der Waals surface area contributed by atoms with Crippen molar-refractivity contribution in [2.75, 3.05) is 5.32 Å². The lowest BCUT2D eigenvalue weighted by molar-refractivity contribution is -0.140. The van der Waals surface area contributed by atoms with Crippen molar-refractivity contribution in [2.24, 2.45) is 24.3 Å². The highest BCUT2D eigenvalue weighted by atomic mass is 16.4. The van der Waals surface area contributed by atoms with Crippen LogP contribution in [0.4, 0.5) is 5.69 Å². The van der Waals surface area contributed by atoms with Gasteiger partial charge in [-0.1, -0.05) is 26.0 Å². The third-order valence-corrected chi connectivity index (χ3v) is 4.27. The van der Waals surface area contributed by atoms with Crippen molar-refractivity contribution in [3.05, 3.63) is 24.3 Å². The number of hydrogen-bond donors (Lipinski definition) is 2. The zero-order chi connectivity index (χ0) is 16.8. The predicted octanol–water partition coefficient (Wildman–Crippen LogP) is 1.17. The van der Waals surface area contributed by atoms with E-state index in [2.05, 4.69) is 20.7 Å². The molecule has 2 N–H and O–H groups in total. The predicted molar refractivity (Wildman–Crippen MR) is 81.3 cm³/mol. The molecule has 1 amide bonds. The first-order valence-electron chi connectivity index (χ1n) is 7.19. The molecule has 0 unspecified atom stereocenters. The largest absolute Gasteiger partial charge is 0.481 e. The van der Waals surface area contributed by atoms with Gasteiger partial charge in [0.2, 0.25) is 11.7 Å². The van der Waals surface area contributed by atoms with Crippen molar-refractivity contribution in [1.29, 1.82) is 0 Å². The quantitative estimate of drug-likeness (QED) is 0.876. The number of nitrogens with zero attached hydrogens (tertiary/aromatic N) is 4. The number of carboxylic acids is 1. The summed E-state index contributed by atoms with van der Waals surface area (Å²) in [5, 5.41) is 23.7. The molecule has 120 valence electrons. The number of nitrogens with one attached hydrogen (secondary N) is 1.